The second-order valence-corrected chi connectivity index (χ2v) is 6.91. The smallest absolute Gasteiger partial charge is 0.219 e. The first-order valence-corrected chi connectivity index (χ1v) is 9.15. The lowest BCUT2D eigenvalue weighted by atomic mass is 9.97. The molecule has 2 aromatic rings. The lowest BCUT2D eigenvalue weighted by molar-refractivity contribution is -0.120. The zero-order chi connectivity index (χ0) is 18.7. The van der Waals surface area contributed by atoms with Crippen LogP contribution in [0.4, 0.5) is 5.69 Å². The average molecular weight is 357 g/mol. The number of carbonyl (C=O) groups excluding carboxylic acids is 2. The van der Waals surface area contributed by atoms with Crippen LogP contribution in [-0.4, -0.2) is 54.7 Å². The summed E-state index contributed by atoms with van der Waals surface area (Å²) in [5, 5.41) is 11.6. The van der Waals surface area contributed by atoms with Gasteiger partial charge in [-0.2, -0.15) is 5.10 Å². The molecule has 0 spiro atoms. The Kier molecular flexibility index (Phi) is 5.56. The normalized spacial score (nSPS) is 18.7. The molecule has 2 N–H and O–H groups in total. The Morgan fingerprint density at radius 1 is 1.50 bits per heavy atom. The van der Waals surface area contributed by atoms with Crippen LogP contribution in [0.15, 0.2) is 18.2 Å². The molecule has 1 aromatic heterocycles. The number of aromatic nitrogens is 2. The van der Waals surface area contributed by atoms with Gasteiger partial charge >= 0.3 is 0 Å². The number of piperazine rings is 1. The molecule has 26 heavy (non-hydrogen) atoms. The summed E-state index contributed by atoms with van der Waals surface area (Å²) in [4.78, 5) is 25.5. The van der Waals surface area contributed by atoms with Gasteiger partial charge in [-0.25, -0.2) is 0 Å². The maximum Gasteiger partial charge on any atom is 0.219 e. The Morgan fingerprint density at radius 2 is 2.31 bits per heavy atom. The van der Waals surface area contributed by atoms with Gasteiger partial charge < -0.3 is 20.3 Å². The van der Waals surface area contributed by atoms with Crippen molar-refractivity contribution in [2.75, 3.05) is 31.6 Å². The maximum atomic E-state index is 11.6. The highest BCUT2D eigenvalue weighted by molar-refractivity contribution is 5.88. The van der Waals surface area contributed by atoms with E-state index in [1.54, 1.807) is 7.05 Å². The lowest BCUT2D eigenvalue weighted by Gasteiger charge is -2.36. The van der Waals surface area contributed by atoms with E-state index in [1.165, 1.54) is 5.69 Å². The molecule has 7 heteroatoms. The minimum atomic E-state index is -0.375. The Labute approximate surface area is 153 Å². The van der Waals surface area contributed by atoms with Crippen molar-refractivity contribution in [2.24, 2.45) is 7.05 Å². The van der Waals surface area contributed by atoms with E-state index >= 15 is 0 Å². The standard InChI is InChI=1S/C19H27N5O2/c1-13-11-21-8-9-24(13)15-5-6-16-17(10-15)23(3)22-19(16)14(12-25)4-7-18(26)20-2/h5-6,10,12-14,21H,4,7-9,11H2,1-3H3,(H,20,26). The van der Waals surface area contributed by atoms with Crippen molar-refractivity contribution in [3.05, 3.63) is 23.9 Å². The zero-order valence-corrected chi connectivity index (χ0v) is 15.7. The van der Waals surface area contributed by atoms with Gasteiger partial charge in [-0.3, -0.25) is 9.48 Å². The van der Waals surface area contributed by atoms with E-state index in [1.807, 2.05) is 11.7 Å². The molecule has 2 atom stereocenters. The number of anilines is 1. The molecule has 3 rings (SSSR count). The van der Waals surface area contributed by atoms with Crippen molar-refractivity contribution in [3.8, 4) is 0 Å². The lowest BCUT2D eigenvalue weighted by Crippen LogP contribution is -2.49. The minimum absolute atomic E-state index is 0.0629. The van der Waals surface area contributed by atoms with Crippen molar-refractivity contribution in [1.82, 2.24) is 20.4 Å². The number of aldehydes is 1. The molecule has 140 valence electrons. The number of carbonyl (C=O) groups is 2. The van der Waals surface area contributed by atoms with Gasteiger partial charge in [0.1, 0.15) is 6.29 Å². The molecule has 1 aliphatic rings. The molecular formula is C19H27N5O2. The van der Waals surface area contributed by atoms with E-state index in [0.29, 0.717) is 18.9 Å². The Balaban J connectivity index is 1.91. The van der Waals surface area contributed by atoms with Crippen LogP contribution in [-0.2, 0) is 16.6 Å². The van der Waals surface area contributed by atoms with Gasteiger partial charge in [-0.1, -0.05) is 0 Å². The number of nitrogens with one attached hydrogen (secondary N) is 2. The highest BCUT2D eigenvalue weighted by Crippen LogP contribution is 2.30. The summed E-state index contributed by atoms with van der Waals surface area (Å²) >= 11 is 0. The third-order valence-electron chi connectivity index (χ3n) is 5.17. The summed E-state index contributed by atoms with van der Waals surface area (Å²) in [5.74, 6) is -0.438. The van der Waals surface area contributed by atoms with E-state index in [0.717, 1.165) is 42.5 Å². The Morgan fingerprint density at radius 3 is 3.00 bits per heavy atom. The highest BCUT2D eigenvalue weighted by Gasteiger charge is 2.22. The topological polar surface area (TPSA) is 79.3 Å². The van der Waals surface area contributed by atoms with Gasteiger partial charge in [0, 0.05) is 57.3 Å². The summed E-state index contributed by atoms with van der Waals surface area (Å²) < 4.78 is 1.83. The first-order valence-electron chi connectivity index (χ1n) is 9.15. The largest absolute Gasteiger partial charge is 0.366 e. The van der Waals surface area contributed by atoms with Crippen LogP contribution in [0.25, 0.3) is 10.9 Å². The predicted octanol–water partition coefficient (Wildman–Crippen LogP) is 1.18. The van der Waals surface area contributed by atoms with Crippen molar-refractivity contribution >= 4 is 28.8 Å². The van der Waals surface area contributed by atoms with Crippen LogP contribution in [0.1, 0.15) is 31.4 Å². The average Bonchev–Trinajstić information content (AvgIpc) is 2.98. The number of hydrogen-bond donors (Lipinski definition) is 2. The van der Waals surface area contributed by atoms with E-state index in [9.17, 15) is 9.59 Å². The van der Waals surface area contributed by atoms with Crippen LogP contribution < -0.4 is 15.5 Å². The van der Waals surface area contributed by atoms with Crippen molar-refractivity contribution in [3.63, 3.8) is 0 Å². The Hall–Kier alpha value is -2.41. The van der Waals surface area contributed by atoms with Gasteiger partial charge in [0.05, 0.1) is 17.1 Å². The molecule has 0 bridgehead atoms. The second kappa shape index (κ2) is 7.86. The predicted molar refractivity (Wildman–Crippen MR) is 102 cm³/mol. The fourth-order valence-corrected chi connectivity index (χ4v) is 3.63. The van der Waals surface area contributed by atoms with Gasteiger partial charge in [0.25, 0.3) is 0 Å². The summed E-state index contributed by atoms with van der Waals surface area (Å²) in [6, 6.07) is 6.74. The first-order chi connectivity index (χ1) is 12.5. The number of benzene rings is 1. The van der Waals surface area contributed by atoms with Crippen LogP contribution in [0.5, 0.6) is 0 Å². The monoisotopic (exact) mass is 357 g/mol. The molecule has 1 aromatic carbocycles. The fraction of sp³-hybridized carbons (Fsp3) is 0.526. The molecule has 2 unspecified atom stereocenters. The second-order valence-electron chi connectivity index (χ2n) is 6.91. The molecule has 1 amide bonds. The van der Waals surface area contributed by atoms with Gasteiger partial charge in [0.2, 0.25) is 5.91 Å². The van der Waals surface area contributed by atoms with E-state index in [2.05, 4.69) is 45.8 Å². The number of aryl methyl sites for hydroxylation is 1. The number of amides is 1. The summed E-state index contributed by atoms with van der Waals surface area (Å²) in [7, 11) is 3.50. The number of hydrogen-bond acceptors (Lipinski definition) is 5. The van der Waals surface area contributed by atoms with Crippen molar-refractivity contribution < 1.29 is 9.59 Å². The minimum Gasteiger partial charge on any atom is -0.366 e. The number of nitrogens with zero attached hydrogens (tertiary/aromatic N) is 3. The van der Waals surface area contributed by atoms with Crippen LogP contribution >= 0.6 is 0 Å². The molecule has 1 aliphatic heterocycles. The quantitative estimate of drug-likeness (QED) is 0.759. The third kappa shape index (κ3) is 3.58. The highest BCUT2D eigenvalue weighted by atomic mass is 16.1. The molecule has 0 aliphatic carbocycles. The SMILES string of the molecule is CNC(=O)CCC(C=O)c1nn(C)c2cc(N3CCNCC3C)ccc12. The number of rotatable bonds is 6. The molecular weight excluding hydrogens is 330 g/mol. The molecule has 1 fully saturated rings. The van der Waals surface area contributed by atoms with Crippen molar-refractivity contribution in [1.29, 1.82) is 0 Å². The fourth-order valence-electron chi connectivity index (χ4n) is 3.63. The van der Waals surface area contributed by atoms with Crippen LogP contribution in [0, 0.1) is 0 Å². The van der Waals surface area contributed by atoms with Crippen LogP contribution in [0.3, 0.4) is 0 Å². The summed E-state index contributed by atoms with van der Waals surface area (Å²) in [6.07, 6.45) is 1.68. The third-order valence-corrected chi connectivity index (χ3v) is 5.17. The maximum absolute atomic E-state index is 11.6. The number of fused-ring (bicyclic) bond motifs is 1. The molecule has 1 saturated heterocycles. The summed E-state index contributed by atoms with van der Waals surface area (Å²) in [6.45, 7) is 5.14. The van der Waals surface area contributed by atoms with E-state index in [-0.39, 0.29) is 11.8 Å². The molecule has 0 radical (unpaired) electrons. The van der Waals surface area contributed by atoms with E-state index in [4.69, 9.17) is 0 Å². The van der Waals surface area contributed by atoms with Gasteiger partial charge in [0.15, 0.2) is 0 Å². The molecule has 0 saturated carbocycles. The van der Waals surface area contributed by atoms with Crippen LogP contribution in [0.2, 0.25) is 0 Å². The summed E-state index contributed by atoms with van der Waals surface area (Å²) in [5.41, 5.74) is 2.94. The Bertz CT molecular complexity index is 801. The van der Waals surface area contributed by atoms with Crippen molar-refractivity contribution in [2.45, 2.75) is 31.7 Å². The molecule has 7 nitrogen and oxygen atoms in total. The van der Waals surface area contributed by atoms with Gasteiger partial charge in [-0.15, -0.1) is 0 Å². The molecule has 2 heterocycles. The van der Waals surface area contributed by atoms with Gasteiger partial charge in [-0.05, 0) is 31.5 Å². The zero-order valence-electron chi connectivity index (χ0n) is 15.7. The first kappa shape index (κ1) is 18.4. The van der Waals surface area contributed by atoms with E-state index < -0.39 is 0 Å².